The lowest BCUT2D eigenvalue weighted by Crippen LogP contribution is -2.14. The van der Waals surface area contributed by atoms with E-state index in [1.165, 1.54) is 36.2 Å². The van der Waals surface area contributed by atoms with E-state index in [1.807, 2.05) is 0 Å². The molecule has 0 atom stereocenters. The maximum Gasteiger partial charge on any atom is 0.251 e. The van der Waals surface area contributed by atoms with Crippen LogP contribution in [0.25, 0.3) is 0 Å². The molecule has 4 N–H and O–H groups in total. The first-order valence-electron chi connectivity index (χ1n) is 5.37. The van der Waals surface area contributed by atoms with Gasteiger partial charge in [0.1, 0.15) is 11.7 Å². The van der Waals surface area contributed by atoms with Crippen LogP contribution in [0.15, 0.2) is 40.4 Å². The molecule has 5 nitrogen and oxygen atoms in total. The first-order valence-corrected chi connectivity index (χ1v) is 6.36. The molecule has 7 heteroatoms. The molecule has 2 aromatic rings. The Balaban J connectivity index is 2.20. The number of aromatic nitrogens is 2. The number of H-pyrrole nitrogens is 1. The second kappa shape index (κ2) is 5.66. The number of halogens is 1. The van der Waals surface area contributed by atoms with E-state index in [4.69, 9.17) is 11.1 Å². The summed E-state index contributed by atoms with van der Waals surface area (Å²) in [7, 11) is 0. The molecule has 0 aliphatic rings. The van der Waals surface area contributed by atoms with Crippen molar-refractivity contribution in [3.63, 3.8) is 0 Å². The fourth-order valence-corrected chi connectivity index (χ4v) is 2.35. The summed E-state index contributed by atoms with van der Waals surface area (Å²) in [6.07, 6.45) is 1.41. The Labute approximate surface area is 112 Å². The van der Waals surface area contributed by atoms with Crippen molar-refractivity contribution in [2.24, 2.45) is 5.73 Å². The van der Waals surface area contributed by atoms with E-state index in [0.717, 1.165) is 0 Å². The Morgan fingerprint density at radius 2 is 2.26 bits per heavy atom. The second-order valence-corrected chi connectivity index (χ2v) is 4.71. The minimum absolute atomic E-state index is 0.190. The van der Waals surface area contributed by atoms with Crippen LogP contribution in [0, 0.1) is 11.2 Å². The highest BCUT2D eigenvalue weighted by Gasteiger charge is 2.08. The largest absolute Gasteiger partial charge is 0.384 e. The van der Waals surface area contributed by atoms with Gasteiger partial charge in [-0.05, 0) is 17.7 Å². The highest BCUT2D eigenvalue weighted by Crippen LogP contribution is 2.21. The Morgan fingerprint density at radius 1 is 1.47 bits per heavy atom. The van der Waals surface area contributed by atoms with Gasteiger partial charge in [-0.15, -0.1) is 0 Å². The summed E-state index contributed by atoms with van der Waals surface area (Å²) < 4.78 is 13.1. The van der Waals surface area contributed by atoms with Crippen molar-refractivity contribution in [1.82, 2.24) is 9.97 Å². The molecular formula is C12H11FN4OS. The van der Waals surface area contributed by atoms with Gasteiger partial charge in [0.05, 0.1) is 0 Å². The maximum absolute atomic E-state index is 13.1. The molecule has 0 radical (unpaired) electrons. The van der Waals surface area contributed by atoms with Gasteiger partial charge >= 0.3 is 0 Å². The van der Waals surface area contributed by atoms with E-state index < -0.39 is 5.82 Å². The molecule has 0 amide bonds. The van der Waals surface area contributed by atoms with Crippen molar-refractivity contribution in [3.8, 4) is 0 Å². The van der Waals surface area contributed by atoms with Gasteiger partial charge in [0.15, 0.2) is 5.16 Å². The van der Waals surface area contributed by atoms with E-state index in [-0.39, 0.29) is 11.4 Å². The summed E-state index contributed by atoms with van der Waals surface area (Å²) in [6.45, 7) is 0. The van der Waals surface area contributed by atoms with Crippen molar-refractivity contribution in [1.29, 1.82) is 5.41 Å². The average Bonchev–Trinajstić information content (AvgIpc) is 2.37. The Kier molecular flexibility index (Phi) is 3.96. The summed E-state index contributed by atoms with van der Waals surface area (Å²) in [4.78, 5) is 17.7. The van der Waals surface area contributed by atoms with Crippen LogP contribution in [-0.4, -0.2) is 15.8 Å². The number of nitrogens with zero attached hydrogens (tertiary/aromatic N) is 1. The van der Waals surface area contributed by atoms with Crippen LogP contribution in [0.5, 0.6) is 0 Å². The topological polar surface area (TPSA) is 95.6 Å². The van der Waals surface area contributed by atoms with Crippen LogP contribution >= 0.6 is 11.8 Å². The maximum atomic E-state index is 13.1. The predicted molar refractivity (Wildman–Crippen MR) is 71.8 cm³/mol. The van der Waals surface area contributed by atoms with Gasteiger partial charge in [-0.1, -0.05) is 17.8 Å². The van der Waals surface area contributed by atoms with Crippen molar-refractivity contribution in [2.75, 3.05) is 0 Å². The number of hydrogen-bond donors (Lipinski definition) is 3. The molecule has 0 aliphatic carbocycles. The first kappa shape index (κ1) is 13.3. The van der Waals surface area contributed by atoms with E-state index in [2.05, 4.69) is 9.97 Å². The van der Waals surface area contributed by atoms with Crippen LogP contribution < -0.4 is 11.3 Å². The summed E-state index contributed by atoms with van der Waals surface area (Å²) in [6, 6.07) is 5.42. The van der Waals surface area contributed by atoms with E-state index >= 15 is 0 Å². The van der Waals surface area contributed by atoms with Gasteiger partial charge in [-0.25, -0.2) is 9.37 Å². The van der Waals surface area contributed by atoms with Crippen molar-refractivity contribution in [2.45, 2.75) is 10.9 Å². The summed E-state index contributed by atoms with van der Waals surface area (Å²) in [5.74, 6) is -0.197. The molecule has 0 saturated carbocycles. The zero-order valence-corrected chi connectivity index (χ0v) is 10.6. The Bertz CT molecular complexity index is 671. The molecule has 1 heterocycles. The zero-order chi connectivity index (χ0) is 13.8. The van der Waals surface area contributed by atoms with Crippen molar-refractivity contribution < 1.29 is 4.39 Å². The number of nitrogens with two attached hydrogens (primary N) is 1. The van der Waals surface area contributed by atoms with Crippen LogP contribution in [0.1, 0.15) is 11.1 Å². The zero-order valence-electron chi connectivity index (χ0n) is 9.81. The van der Waals surface area contributed by atoms with Gasteiger partial charge in [0.2, 0.25) is 0 Å². The third kappa shape index (κ3) is 3.41. The smallest absolute Gasteiger partial charge is 0.251 e. The normalized spacial score (nSPS) is 10.4. The van der Waals surface area contributed by atoms with E-state index in [0.29, 0.717) is 22.0 Å². The quantitative estimate of drug-likeness (QED) is 0.342. The fourth-order valence-electron chi connectivity index (χ4n) is 1.50. The highest BCUT2D eigenvalue weighted by atomic mass is 32.2. The van der Waals surface area contributed by atoms with Crippen molar-refractivity contribution >= 4 is 17.6 Å². The fraction of sp³-hybridized carbons (Fsp3) is 0.0833. The van der Waals surface area contributed by atoms with Gasteiger partial charge in [-0.2, -0.15) is 0 Å². The molecule has 0 aliphatic heterocycles. The van der Waals surface area contributed by atoms with Gasteiger partial charge < -0.3 is 10.7 Å². The molecular weight excluding hydrogens is 267 g/mol. The summed E-state index contributed by atoms with van der Waals surface area (Å²) in [5.41, 5.74) is 6.24. The highest BCUT2D eigenvalue weighted by molar-refractivity contribution is 7.98. The predicted octanol–water partition coefficient (Wildman–Crippen LogP) is 1.49. The van der Waals surface area contributed by atoms with Gasteiger partial charge in [-0.3, -0.25) is 10.2 Å². The third-order valence-corrected chi connectivity index (χ3v) is 3.31. The molecule has 98 valence electrons. The average molecular weight is 278 g/mol. The van der Waals surface area contributed by atoms with Gasteiger partial charge in [0, 0.05) is 23.6 Å². The van der Waals surface area contributed by atoms with Crippen LogP contribution in [0.3, 0.4) is 0 Å². The summed E-state index contributed by atoms with van der Waals surface area (Å²) >= 11 is 1.28. The molecule has 0 unspecified atom stereocenters. The second-order valence-electron chi connectivity index (χ2n) is 3.74. The number of rotatable bonds is 4. The summed E-state index contributed by atoms with van der Waals surface area (Å²) in [5, 5.41) is 7.88. The lowest BCUT2D eigenvalue weighted by molar-refractivity contribution is 0.627. The molecule has 1 aromatic carbocycles. The molecule has 19 heavy (non-hydrogen) atoms. The molecule has 0 fully saturated rings. The molecule has 0 bridgehead atoms. The number of amidine groups is 1. The Morgan fingerprint density at radius 3 is 2.95 bits per heavy atom. The van der Waals surface area contributed by atoms with Crippen LogP contribution in [0.2, 0.25) is 0 Å². The number of aromatic amines is 1. The van der Waals surface area contributed by atoms with Crippen molar-refractivity contribution in [3.05, 3.63) is 57.8 Å². The number of nitrogen functional groups attached to an aromatic ring is 1. The number of hydrogen-bond acceptors (Lipinski definition) is 4. The SMILES string of the molecule is N=C(N)c1cc(F)ccc1CSc1nccc(=O)[nH]1. The number of benzene rings is 1. The molecule has 2 rings (SSSR count). The lowest BCUT2D eigenvalue weighted by atomic mass is 10.1. The Hall–Kier alpha value is -2.15. The third-order valence-electron chi connectivity index (χ3n) is 2.37. The molecule has 0 spiro atoms. The standard InChI is InChI=1S/C12H11FN4OS/c13-8-2-1-7(9(5-8)11(14)15)6-19-12-16-4-3-10(18)17-12/h1-5H,6H2,(H3,14,15)(H,16,17,18). The lowest BCUT2D eigenvalue weighted by Gasteiger charge is -2.07. The minimum atomic E-state index is -0.440. The molecule has 0 saturated heterocycles. The number of thioether (sulfide) groups is 1. The number of nitrogens with one attached hydrogen (secondary N) is 2. The van der Waals surface area contributed by atoms with E-state index in [1.54, 1.807) is 6.07 Å². The first-order chi connectivity index (χ1) is 9.06. The van der Waals surface area contributed by atoms with E-state index in [9.17, 15) is 9.18 Å². The van der Waals surface area contributed by atoms with Gasteiger partial charge in [0.25, 0.3) is 5.56 Å². The monoisotopic (exact) mass is 278 g/mol. The van der Waals surface area contributed by atoms with Crippen LogP contribution in [0.4, 0.5) is 4.39 Å². The molecule has 1 aromatic heterocycles. The minimum Gasteiger partial charge on any atom is -0.384 e. The van der Waals surface area contributed by atoms with Crippen LogP contribution in [-0.2, 0) is 5.75 Å².